The van der Waals surface area contributed by atoms with E-state index < -0.39 is 0 Å². The molecule has 5 aromatic rings. The van der Waals surface area contributed by atoms with Crippen LogP contribution in [0.2, 0.25) is 0 Å². The van der Waals surface area contributed by atoms with Crippen LogP contribution in [0.15, 0.2) is 77.6 Å². The third-order valence-corrected chi connectivity index (χ3v) is 6.12. The van der Waals surface area contributed by atoms with E-state index in [2.05, 4.69) is 10.4 Å². The van der Waals surface area contributed by atoms with E-state index in [1.165, 1.54) is 4.68 Å². The quantitative estimate of drug-likeness (QED) is 0.419. The van der Waals surface area contributed by atoms with Crippen molar-refractivity contribution in [3.8, 4) is 11.4 Å². The standard InChI is InChI=1S/C27H24N4O3/c1-4-17-9-5-7-11-21(17)28-26(32)24-23-20-10-6-8-12-22(20)30(2)25(23)27(33)31(29-24)18-13-15-19(34-3)16-14-18/h5-16H,4H2,1-3H3,(H,28,32). The Labute approximate surface area is 196 Å². The number of nitrogens with one attached hydrogen (secondary N) is 1. The second-order valence-corrected chi connectivity index (χ2v) is 8.03. The van der Waals surface area contributed by atoms with Gasteiger partial charge in [0.15, 0.2) is 5.69 Å². The van der Waals surface area contributed by atoms with E-state index in [1.54, 1.807) is 31.4 Å². The van der Waals surface area contributed by atoms with Gasteiger partial charge >= 0.3 is 0 Å². The fourth-order valence-electron chi connectivity index (χ4n) is 4.37. The van der Waals surface area contributed by atoms with Gasteiger partial charge in [-0.1, -0.05) is 43.3 Å². The maximum absolute atomic E-state index is 13.6. The second kappa shape index (κ2) is 8.51. The second-order valence-electron chi connectivity index (χ2n) is 8.03. The molecule has 0 spiro atoms. The first-order valence-electron chi connectivity index (χ1n) is 11.1. The lowest BCUT2D eigenvalue weighted by atomic mass is 10.1. The average molecular weight is 453 g/mol. The predicted molar refractivity (Wildman–Crippen MR) is 134 cm³/mol. The number of benzene rings is 3. The van der Waals surface area contributed by atoms with E-state index in [1.807, 2.05) is 67.1 Å². The maximum Gasteiger partial charge on any atom is 0.296 e. The number of ether oxygens (including phenoxy) is 1. The lowest BCUT2D eigenvalue weighted by Gasteiger charge is -2.12. The summed E-state index contributed by atoms with van der Waals surface area (Å²) in [6.07, 6.45) is 0.777. The van der Waals surface area contributed by atoms with Crippen LogP contribution in [0.1, 0.15) is 23.0 Å². The van der Waals surface area contributed by atoms with E-state index in [0.29, 0.717) is 22.3 Å². The van der Waals surface area contributed by atoms with Gasteiger partial charge in [0, 0.05) is 29.0 Å². The number of rotatable bonds is 5. The van der Waals surface area contributed by atoms with Gasteiger partial charge in [0.05, 0.1) is 12.8 Å². The molecule has 0 fully saturated rings. The summed E-state index contributed by atoms with van der Waals surface area (Å²) in [5, 5.41) is 8.94. The average Bonchev–Trinajstić information content (AvgIpc) is 3.18. The van der Waals surface area contributed by atoms with Crippen molar-refractivity contribution in [2.75, 3.05) is 12.4 Å². The number of carbonyl (C=O) groups excluding carboxylic acids is 1. The van der Waals surface area contributed by atoms with E-state index in [0.717, 1.165) is 28.6 Å². The number of carbonyl (C=O) groups is 1. The first kappa shape index (κ1) is 21.5. The molecule has 5 rings (SSSR count). The lowest BCUT2D eigenvalue weighted by molar-refractivity contribution is 0.102. The normalized spacial score (nSPS) is 11.1. The van der Waals surface area contributed by atoms with E-state index in [9.17, 15) is 9.59 Å². The molecule has 0 saturated heterocycles. The van der Waals surface area contributed by atoms with Gasteiger partial charge in [-0.3, -0.25) is 9.59 Å². The topological polar surface area (TPSA) is 78.2 Å². The zero-order chi connectivity index (χ0) is 23.8. The number of hydrogen-bond donors (Lipinski definition) is 1. The number of fused-ring (bicyclic) bond motifs is 3. The molecule has 0 aliphatic carbocycles. The Hall–Kier alpha value is -4.39. The molecule has 7 nitrogen and oxygen atoms in total. The van der Waals surface area contributed by atoms with Crippen molar-refractivity contribution in [3.05, 3.63) is 94.4 Å². The molecule has 0 atom stereocenters. The first-order valence-corrected chi connectivity index (χ1v) is 11.1. The number of anilines is 1. The van der Waals surface area contributed by atoms with Gasteiger partial charge in [-0.25, -0.2) is 0 Å². The van der Waals surface area contributed by atoms with E-state index >= 15 is 0 Å². The summed E-state index contributed by atoms with van der Waals surface area (Å²) in [6.45, 7) is 2.04. The van der Waals surface area contributed by atoms with Crippen molar-refractivity contribution >= 4 is 33.4 Å². The molecule has 1 N–H and O–H groups in total. The molecule has 0 aliphatic rings. The Bertz CT molecular complexity index is 1600. The minimum Gasteiger partial charge on any atom is -0.497 e. The highest BCUT2D eigenvalue weighted by Crippen LogP contribution is 2.29. The molecule has 2 aromatic heterocycles. The molecule has 2 heterocycles. The Morgan fingerprint density at radius 3 is 2.44 bits per heavy atom. The zero-order valence-electron chi connectivity index (χ0n) is 19.2. The van der Waals surface area contributed by atoms with Crippen molar-refractivity contribution in [3.63, 3.8) is 0 Å². The summed E-state index contributed by atoms with van der Waals surface area (Å²) in [7, 11) is 3.41. The van der Waals surface area contributed by atoms with Gasteiger partial charge in [-0.15, -0.1) is 0 Å². The highest BCUT2D eigenvalue weighted by atomic mass is 16.5. The predicted octanol–water partition coefficient (Wildman–Crippen LogP) is 4.70. The summed E-state index contributed by atoms with van der Waals surface area (Å²) in [5.74, 6) is 0.293. The molecule has 1 amide bonds. The van der Waals surface area contributed by atoms with E-state index in [-0.39, 0.29) is 17.2 Å². The Balaban J connectivity index is 1.78. The van der Waals surface area contributed by atoms with Crippen molar-refractivity contribution in [1.29, 1.82) is 0 Å². The molecule has 170 valence electrons. The molecular formula is C27H24N4O3. The van der Waals surface area contributed by atoms with Crippen molar-refractivity contribution in [1.82, 2.24) is 14.3 Å². The van der Waals surface area contributed by atoms with Crippen molar-refractivity contribution < 1.29 is 9.53 Å². The van der Waals surface area contributed by atoms with Crippen molar-refractivity contribution in [2.45, 2.75) is 13.3 Å². The summed E-state index contributed by atoms with van der Waals surface area (Å²) in [5.41, 5.74) is 3.45. The molecule has 0 bridgehead atoms. The number of aryl methyl sites for hydroxylation is 2. The Morgan fingerprint density at radius 1 is 1.00 bits per heavy atom. The largest absolute Gasteiger partial charge is 0.497 e. The molecule has 7 heteroatoms. The van der Waals surface area contributed by atoms with Crippen LogP contribution in [-0.4, -0.2) is 27.4 Å². The van der Waals surface area contributed by atoms with Crippen LogP contribution in [-0.2, 0) is 13.5 Å². The summed E-state index contributed by atoms with van der Waals surface area (Å²) >= 11 is 0. The van der Waals surface area contributed by atoms with Crippen LogP contribution in [0.25, 0.3) is 27.5 Å². The van der Waals surface area contributed by atoms with Crippen LogP contribution in [0.4, 0.5) is 5.69 Å². The third-order valence-electron chi connectivity index (χ3n) is 6.12. The minimum atomic E-state index is -0.371. The van der Waals surface area contributed by atoms with Crippen LogP contribution >= 0.6 is 0 Å². The zero-order valence-corrected chi connectivity index (χ0v) is 19.2. The number of amides is 1. The fraction of sp³-hybridized carbons (Fsp3) is 0.148. The van der Waals surface area contributed by atoms with Crippen LogP contribution in [0.5, 0.6) is 5.75 Å². The third kappa shape index (κ3) is 3.42. The number of aromatic nitrogens is 3. The van der Waals surface area contributed by atoms with Gasteiger partial charge in [-0.05, 0) is 48.4 Å². The van der Waals surface area contributed by atoms with Gasteiger partial charge in [0.1, 0.15) is 11.3 Å². The molecule has 0 radical (unpaired) electrons. The monoisotopic (exact) mass is 452 g/mol. The summed E-state index contributed by atoms with van der Waals surface area (Å²) in [6, 6.07) is 22.3. The molecule has 0 saturated carbocycles. The van der Waals surface area contributed by atoms with Gasteiger partial charge < -0.3 is 14.6 Å². The van der Waals surface area contributed by atoms with E-state index in [4.69, 9.17) is 4.74 Å². The van der Waals surface area contributed by atoms with Crippen LogP contribution in [0, 0.1) is 0 Å². The maximum atomic E-state index is 13.6. The summed E-state index contributed by atoms with van der Waals surface area (Å²) < 4.78 is 8.34. The molecular weight excluding hydrogens is 428 g/mol. The Kier molecular flexibility index (Phi) is 5.37. The van der Waals surface area contributed by atoms with Gasteiger partial charge in [0.2, 0.25) is 0 Å². The number of nitrogens with zero attached hydrogens (tertiary/aromatic N) is 3. The molecule has 0 unspecified atom stereocenters. The van der Waals surface area contributed by atoms with Crippen LogP contribution in [0.3, 0.4) is 0 Å². The number of methoxy groups -OCH3 is 1. The number of para-hydroxylation sites is 2. The molecule has 0 aliphatic heterocycles. The van der Waals surface area contributed by atoms with Crippen LogP contribution < -0.4 is 15.6 Å². The SMILES string of the molecule is CCc1ccccc1NC(=O)c1nn(-c2ccc(OC)cc2)c(=O)c2c1c1ccccc1n2C. The molecule has 34 heavy (non-hydrogen) atoms. The minimum absolute atomic E-state index is 0.188. The fourth-order valence-corrected chi connectivity index (χ4v) is 4.37. The smallest absolute Gasteiger partial charge is 0.296 e. The molecule has 3 aromatic carbocycles. The van der Waals surface area contributed by atoms with Crippen molar-refractivity contribution in [2.24, 2.45) is 7.05 Å². The highest BCUT2D eigenvalue weighted by Gasteiger charge is 2.24. The van der Waals surface area contributed by atoms with Gasteiger partial charge in [-0.2, -0.15) is 9.78 Å². The highest BCUT2D eigenvalue weighted by molar-refractivity contribution is 6.19. The Morgan fingerprint density at radius 2 is 1.71 bits per heavy atom. The van der Waals surface area contributed by atoms with Gasteiger partial charge in [0.25, 0.3) is 11.5 Å². The lowest BCUT2D eigenvalue weighted by Crippen LogP contribution is -2.27. The first-order chi connectivity index (χ1) is 16.5. The number of hydrogen-bond acceptors (Lipinski definition) is 4. The summed E-state index contributed by atoms with van der Waals surface area (Å²) in [4.78, 5) is 27.3.